The number of aryl methyl sites for hydroxylation is 2. The van der Waals surface area contributed by atoms with Gasteiger partial charge in [0.15, 0.2) is 5.03 Å². The molecule has 0 unspecified atom stereocenters. The third-order valence-corrected chi connectivity index (χ3v) is 4.07. The number of benzene rings is 1. The van der Waals surface area contributed by atoms with Crippen molar-refractivity contribution in [1.29, 1.82) is 0 Å². The number of nitrogens with one attached hydrogen (secondary N) is 1. The van der Waals surface area contributed by atoms with Crippen LogP contribution in [0, 0.1) is 24.0 Å². The Morgan fingerprint density at radius 2 is 2.00 bits per heavy atom. The summed E-state index contributed by atoms with van der Waals surface area (Å²) in [7, 11) is 1.69. The lowest BCUT2D eigenvalue weighted by Crippen LogP contribution is -2.04. The standard InChI is InChI=1S/C14H16N4O2S/c1-9-6-4-5-7-11(9)8-21-13-12(18(19)20)10(2)16-14(15-3)17-13/h4-7H,8H2,1-3H3,(H,15,16,17). The minimum Gasteiger partial charge on any atom is -0.357 e. The van der Waals surface area contributed by atoms with Crippen LogP contribution >= 0.6 is 11.8 Å². The minimum atomic E-state index is -0.422. The highest BCUT2D eigenvalue weighted by molar-refractivity contribution is 7.98. The van der Waals surface area contributed by atoms with Crippen molar-refractivity contribution >= 4 is 23.4 Å². The molecule has 1 heterocycles. The molecule has 0 bridgehead atoms. The summed E-state index contributed by atoms with van der Waals surface area (Å²) in [4.78, 5) is 19.1. The zero-order valence-electron chi connectivity index (χ0n) is 12.1. The minimum absolute atomic E-state index is 0.0208. The highest BCUT2D eigenvalue weighted by atomic mass is 32.2. The molecule has 0 aliphatic rings. The van der Waals surface area contributed by atoms with Crippen LogP contribution in [0.15, 0.2) is 29.3 Å². The van der Waals surface area contributed by atoms with Crippen molar-refractivity contribution in [2.75, 3.05) is 12.4 Å². The molecule has 1 aromatic carbocycles. The molecule has 0 fully saturated rings. The molecule has 1 N–H and O–H groups in total. The monoisotopic (exact) mass is 304 g/mol. The van der Waals surface area contributed by atoms with Crippen LogP contribution in [-0.2, 0) is 5.75 Å². The van der Waals surface area contributed by atoms with Crippen molar-refractivity contribution < 1.29 is 4.92 Å². The lowest BCUT2D eigenvalue weighted by atomic mass is 10.1. The number of aromatic nitrogens is 2. The van der Waals surface area contributed by atoms with Crippen LogP contribution in [0.25, 0.3) is 0 Å². The number of hydrogen-bond donors (Lipinski definition) is 1. The first kappa shape index (κ1) is 15.2. The van der Waals surface area contributed by atoms with Crippen molar-refractivity contribution in [3.8, 4) is 0 Å². The van der Waals surface area contributed by atoms with E-state index in [4.69, 9.17) is 0 Å². The van der Waals surface area contributed by atoms with Crippen LogP contribution in [0.1, 0.15) is 16.8 Å². The number of rotatable bonds is 5. The van der Waals surface area contributed by atoms with Crippen LogP contribution in [-0.4, -0.2) is 21.9 Å². The summed E-state index contributed by atoms with van der Waals surface area (Å²) in [6.07, 6.45) is 0. The van der Waals surface area contributed by atoms with Gasteiger partial charge in [0, 0.05) is 12.8 Å². The van der Waals surface area contributed by atoms with Crippen molar-refractivity contribution in [3.05, 3.63) is 51.2 Å². The number of hydrogen-bond acceptors (Lipinski definition) is 6. The molecular formula is C14H16N4O2S. The first-order chi connectivity index (χ1) is 10.0. The molecule has 0 saturated carbocycles. The van der Waals surface area contributed by atoms with Crippen LogP contribution < -0.4 is 5.32 Å². The Hall–Kier alpha value is -2.15. The number of thioether (sulfide) groups is 1. The second-order valence-electron chi connectivity index (χ2n) is 4.51. The Kier molecular flexibility index (Phi) is 4.74. The first-order valence-electron chi connectivity index (χ1n) is 6.41. The van der Waals surface area contributed by atoms with Gasteiger partial charge in [0.05, 0.1) is 4.92 Å². The zero-order valence-corrected chi connectivity index (χ0v) is 12.9. The molecule has 110 valence electrons. The van der Waals surface area contributed by atoms with E-state index >= 15 is 0 Å². The highest BCUT2D eigenvalue weighted by Gasteiger charge is 2.22. The molecule has 6 nitrogen and oxygen atoms in total. The van der Waals surface area contributed by atoms with E-state index in [9.17, 15) is 10.1 Å². The van der Waals surface area contributed by atoms with Gasteiger partial charge in [0.1, 0.15) is 5.69 Å². The summed E-state index contributed by atoms with van der Waals surface area (Å²) in [6, 6.07) is 7.97. The van der Waals surface area contributed by atoms with Gasteiger partial charge in [-0.1, -0.05) is 36.0 Å². The average molecular weight is 304 g/mol. The van der Waals surface area contributed by atoms with E-state index in [1.165, 1.54) is 11.8 Å². The fourth-order valence-corrected chi connectivity index (χ4v) is 3.01. The Balaban J connectivity index is 2.32. The molecule has 0 aliphatic carbocycles. The lowest BCUT2D eigenvalue weighted by Gasteiger charge is -2.08. The van der Waals surface area contributed by atoms with E-state index in [1.807, 2.05) is 31.2 Å². The van der Waals surface area contributed by atoms with Crippen molar-refractivity contribution in [2.45, 2.75) is 24.6 Å². The second-order valence-corrected chi connectivity index (χ2v) is 5.47. The Labute approximate surface area is 127 Å². The summed E-state index contributed by atoms with van der Waals surface area (Å²) in [6.45, 7) is 3.65. The lowest BCUT2D eigenvalue weighted by molar-refractivity contribution is -0.389. The molecule has 0 aliphatic heterocycles. The maximum atomic E-state index is 11.2. The van der Waals surface area contributed by atoms with Gasteiger partial charge >= 0.3 is 5.69 Å². The third-order valence-electron chi connectivity index (χ3n) is 3.06. The molecule has 7 heteroatoms. The van der Waals surface area contributed by atoms with Crippen LogP contribution in [0.4, 0.5) is 11.6 Å². The molecule has 0 atom stereocenters. The van der Waals surface area contributed by atoms with Crippen LogP contribution in [0.2, 0.25) is 0 Å². The summed E-state index contributed by atoms with van der Waals surface area (Å²) >= 11 is 1.35. The van der Waals surface area contributed by atoms with Gasteiger partial charge in [-0.25, -0.2) is 4.98 Å². The summed E-state index contributed by atoms with van der Waals surface area (Å²) in [5.74, 6) is 1.03. The quantitative estimate of drug-likeness (QED) is 0.395. The number of nitrogens with zero attached hydrogens (tertiary/aromatic N) is 3. The zero-order chi connectivity index (χ0) is 15.4. The van der Waals surface area contributed by atoms with Crippen molar-refractivity contribution in [2.24, 2.45) is 0 Å². The Bertz CT molecular complexity index is 676. The molecule has 0 amide bonds. The molecule has 21 heavy (non-hydrogen) atoms. The predicted molar refractivity (Wildman–Crippen MR) is 83.7 cm³/mol. The molecule has 2 rings (SSSR count). The SMILES string of the molecule is CNc1nc(C)c([N+](=O)[O-])c(SCc2ccccc2C)n1. The molecular weight excluding hydrogens is 288 g/mol. The smallest absolute Gasteiger partial charge is 0.322 e. The van der Waals surface area contributed by atoms with Gasteiger partial charge < -0.3 is 5.32 Å². The van der Waals surface area contributed by atoms with Gasteiger partial charge in [-0.05, 0) is 25.0 Å². The Morgan fingerprint density at radius 1 is 1.29 bits per heavy atom. The summed E-state index contributed by atoms with van der Waals surface area (Å²) in [5, 5.41) is 14.4. The fourth-order valence-electron chi connectivity index (χ4n) is 1.88. The summed E-state index contributed by atoms with van der Waals surface area (Å²) in [5.41, 5.74) is 2.64. The predicted octanol–water partition coefficient (Wildman–Crippen LogP) is 3.34. The van der Waals surface area contributed by atoms with Gasteiger partial charge in [-0.3, -0.25) is 10.1 Å². The fraction of sp³-hybridized carbons (Fsp3) is 0.286. The molecule has 0 saturated heterocycles. The van der Waals surface area contributed by atoms with Crippen LogP contribution in [0.3, 0.4) is 0 Å². The molecule has 2 aromatic rings. The number of anilines is 1. The van der Waals surface area contributed by atoms with Gasteiger partial charge in [0.25, 0.3) is 0 Å². The largest absolute Gasteiger partial charge is 0.357 e. The number of nitro groups is 1. The molecule has 1 aromatic heterocycles. The van der Waals surface area contributed by atoms with E-state index in [0.29, 0.717) is 22.4 Å². The highest BCUT2D eigenvalue weighted by Crippen LogP contribution is 2.32. The van der Waals surface area contributed by atoms with Gasteiger partial charge in [0.2, 0.25) is 5.95 Å². The average Bonchev–Trinajstić information content (AvgIpc) is 2.45. The van der Waals surface area contributed by atoms with Crippen molar-refractivity contribution in [3.63, 3.8) is 0 Å². The topological polar surface area (TPSA) is 81.0 Å². The summed E-state index contributed by atoms with van der Waals surface area (Å²) < 4.78 is 0. The van der Waals surface area contributed by atoms with Gasteiger partial charge in [-0.15, -0.1) is 0 Å². The maximum Gasteiger partial charge on any atom is 0.322 e. The Morgan fingerprint density at radius 3 is 2.62 bits per heavy atom. The van der Waals surface area contributed by atoms with E-state index in [1.54, 1.807) is 14.0 Å². The third kappa shape index (κ3) is 3.49. The maximum absolute atomic E-state index is 11.2. The first-order valence-corrected chi connectivity index (χ1v) is 7.39. The van der Waals surface area contributed by atoms with E-state index in [2.05, 4.69) is 15.3 Å². The van der Waals surface area contributed by atoms with E-state index < -0.39 is 4.92 Å². The van der Waals surface area contributed by atoms with Gasteiger partial charge in [-0.2, -0.15) is 4.98 Å². The normalized spacial score (nSPS) is 10.4. The van der Waals surface area contributed by atoms with E-state index in [-0.39, 0.29) is 5.69 Å². The molecule has 0 spiro atoms. The van der Waals surface area contributed by atoms with E-state index in [0.717, 1.165) is 11.1 Å². The second kappa shape index (κ2) is 6.53. The van der Waals surface area contributed by atoms with Crippen molar-refractivity contribution in [1.82, 2.24) is 9.97 Å². The molecule has 0 radical (unpaired) electrons. The van der Waals surface area contributed by atoms with Crippen LogP contribution in [0.5, 0.6) is 0 Å².